The predicted molar refractivity (Wildman–Crippen MR) is 101 cm³/mol. The second-order valence-corrected chi connectivity index (χ2v) is 6.32. The topological polar surface area (TPSA) is 76.7 Å². The molecule has 4 rings (SSSR count). The summed E-state index contributed by atoms with van der Waals surface area (Å²) in [5.74, 6) is 1.17. The molecular formula is C21H19N3O3. The van der Waals surface area contributed by atoms with E-state index in [2.05, 4.69) is 27.6 Å². The highest BCUT2D eigenvalue weighted by molar-refractivity contribution is 5.92. The summed E-state index contributed by atoms with van der Waals surface area (Å²) in [7, 11) is 0. The van der Waals surface area contributed by atoms with Gasteiger partial charge < -0.3 is 9.15 Å². The first-order chi connectivity index (χ1) is 13.3. The maximum absolute atomic E-state index is 12.1. The molecule has 27 heavy (non-hydrogen) atoms. The van der Waals surface area contributed by atoms with Crippen LogP contribution in [0.3, 0.4) is 0 Å². The van der Waals surface area contributed by atoms with Crippen molar-refractivity contribution in [2.75, 3.05) is 0 Å². The maximum Gasteiger partial charge on any atom is 0.307 e. The maximum atomic E-state index is 12.1. The molecule has 0 aliphatic heterocycles. The van der Waals surface area contributed by atoms with Crippen LogP contribution in [-0.4, -0.2) is 17.1 Å². The lowest BCUT2D eigenvalue weighted by atomic mass is 10.1. The number of amides is 1. The molecule has 0 fully saturated rings. The van der Waals surface area contributed by atoms with Crippen molar-refractivity contribution in [2.45, 2.75) is 25.9 Å². The lowest BCUT2D eigenvalue weighted by Gasteiger charge is -2.06. The van der Waals surface area contributed by atoms with E-state index in [1.54, 1.807) is 30.6 Å². The summed E-state index contributed by atoms with van der Waals surface area (Å²) < 4.78 is 11.3. The number of ether oxygens (including phenoxy) is 1. The molecule has 1 N–H and O–H groups in total. The lowest BCUT2D eigenvalue weighted by molar-refractivity contribution is 0.0923. The van der Waals surface area contributed by atoms with Gasteiger partial charge in [0.25, 0.3) is 0 Å². The number of hydrogen-bond acceptors (Lipinski definition) is 5. The molecule has 2 heterocycles. The third kappa shape index (κ3) is 4.23. The van der Waals surface area contributed by atoms with E-state index in [4.69, 9.17) is 9.15 Å². The fourth-order valence-corrected chi connectivity index (χ4v) is 3.04. The van der Waals surface area contributed by atoms with E-state index < -0.39 is 5.91 Å². The molecule has 0 bridgehead atoms. The molecule has 1 aromatic carbocycles. The van der Waals surface area contributed by atoms with Gasteiger partial charge in [-0.15, -0.1) is 0 Å². The number of hydrazone groups is 1. The number of nitrogens with zero attached hydrogens (tertiary/aromatic N) is 2. The Bertz CT molecular complexity index is 964. The van der Waals surface area contributed by atoms with Crippen LogP contribution in [-0.2, 0) is 19.4 Å². The summed E-state index contributed by atoms with van der Waals surface area (Å²) in [4.78, 5) is 16.0. The minimum Gasteiger partial charge on any atom is -0.486 e. The number of rotatable bonds is 6. The Morgan fingerprint density at radius 1 is 1.22 bits per heavy atom. The van der Waals surface area contributed by atoms with Gasteiger partial charge in [-0.3, -0.25) is 9.78 Å². The van der Waals surface area contributed by atoms with Crippen molar-refractivity contribution in [3.63, 3.8) is 0 Å². The summed E-state index contributed by atoms with van der Waals surface area (Å²) in [5.41, 5.74) is 5.99. The van der Waals surface area contributed by atoms with E-state index in [0.717, 1.165) is 24.2 Å². The Balaban J connectivity index is 1.31. The SMILES string of the molecule is O=C(N/N=C\c1cccnc1)c1ccc(COc2ccc3c(c2)CCC3)o1. The molecular weight excluding hydrogens is 342 g/mol. The molecule has 0 atom stereocenters. The Morgan fingerprint density at radius 3 is 3.04 bits per heavy atom. The van der Waals surface area contributed by atoms with Gasteiger partial charge in [0.2, 0.25) is 0 Å². The highest BCUT2D eigenvalue weighted by atomic mass is 16.5. The van der Waals surface area contributed by atoms with Crippen LogP contribution in [0.5, 0.6) is 5.75 Å². The molecule has 0 radical (unpaired) electrons. The van der Waals surface area contributed by atoms with Crippen molar-refractivity contribution < 1.29 is 13.9 Å². The largest absolute Gasteiger partial charge is 0.486 e. The van der Waals surface area contributed by atoms with Gasteiger partial charge in [0, 0.05) is 18.0 Å². The van der Waals surface area contributed by atoms with Gasteiger partial charge in [-0.25, -0.2) is 5.43 Å². The minimum absolute atomic E-state index is 0.186. The number of hydrogen-bond donors (Lipinski definition) is 1. The Labute approximate surface area is 156 Å². The molecule has 0 unspecified atom stereocenters. The van der Waals surface area contributed by atoms with Crippen molar-refractivity contribution in [2.24, 2.45) is 5.10 Å². The fraction of sp³-hybridized carbons (Fsp3) is 0.190. The summed E-state index contributed by atoms with van der Waals surface area (Å²) in [6.45, 7) is 0.269. The third-order valence-corrected chi connectivity index (χ3v) is 4.40. The van der Waals surface area contributed by atoms with E-state index in [1.807, 2.05) is 12.1 Å². The van der Waals surface area contributed by atoms with Gasteiger partial charge in [-0.2, -0.15) is 5.10 Å². The van der Waals surface area contributed by atoms with Crippen LogP contribution in [0.25, 0.3) is 0 Å². The van der Waals surface area contributed by atoms with Gasteiger partial charge in [-0.05, 0) is 60.7 Å². The fourth-order valence-electron chi connectivity index (χ4n) is 3.04. The average molecular weight is 361 g/mol. The lowest BCUT2D eigenvalue weighted by Crippen LogP contribution is -2.16. The van der Waals surface area contributed by atoms with Crippen LogP contribution in [0.1, 0.15) is 39.4 Å². The van der Waals surface area contributed by atoms with Crippen LogP contribution in [0, 0.1) is 0 Å². The standard InChI is InChI=1S/C21H19N3O3/c25-21(24-23-13-15-3-2-10-22-12-15)20-9-8-19(27-20)14-26-18-7-6-16-4-1-5-17(16)11-18/h2-3,6-13H,1,4-5,14H2,(H,24,25)/b23-13-. The van der Waals surface area contributed by atoms with Gasteiger partial charge in [0.15, 0.2) is 5.76 Å². The first kappa shape index (κ1) is 17.0. The number of furan rings is 1. The molecule has 1 aliphatic rings. The Kier molecular flexibility index (Phi) is 4.96. The quantitative estimate of drug-likeness (QED) is 0.538. The van der Waals surface area contributed by atoms with Crippen molar-refractivity contribution >= 4 is 12.1 Å². The first-order valence-corrected chi connectivity index (χ1v) is 8.85. The number of aromatic nitrogens is 1. The summed E-state index contributed by atoms with van der Waals surface area (Å²) in [6, 6.07) is 13.2. The molecule has 0 saturated carbocycles. The molecule has 0 saturated heterocycles. The van der Waals surface area contributed by atoms with Gasteiger partial charge in [0.05, 0.1) is 6.21 Å². The van der Waals surface area contributed by atoms with E-state index >= 15 is 0 Å². The second kappa shape index (κ2) is 7.86. The zero-order valence-corrected chi connectivity index (χ0v) is 14.7. The molecule has 136 valence electrons. The van der Waals surface area contributed by atoms with Crippen LogP contribution in [0.4, 0.5) is 0 Å². The van der Waals surface area contributed by atoms with Crippen LogP contribution in [0.2, 0.25) is 0 Å². The number of nitrogens with one attached hydrogen (secondary N) is 1. The zero-order chi connectivity index (χ0) is 18.5. The van der Waals surface area contributed by atoms with Gasteiger partial charge >= 0.3 is 5.91 Å². The van der Waals surface area contributed by atoms with Crippen molar-refractivity contribution in [3.8, 4) is 5.75 Å². The smallest absolute Gasteiger partial charge is 0.307 e. The molecule has 2 aromatic heterocycles. The summed E-state index contributed by atoms with van der Waals surface area (Å²) in [6.07, 6.45) is 8.30. The van der Waals surface area contributed by atoms with E-state index in [0.29, 0.717) is 5.76 Å². The number of carbonyl (C=O) groups excluding carboxylic acids is 1. The number of carbonyl (C=O) groups is 1. The van der Waals surface area contributed by atoms with Crippen molar-refractivity contribution in [1.82, 2.24) is 10.4 Å². The highest BCUT2D eigenvalue weighted by Gasteiger charge is 2.13. The minimum atomic E-state index is -0.418. The number of aryl methyl sites for hydroxylation is 2. The monoisotopic (exact) mass is 361 g/mol. The van der Waals surface area contributed by atoms with Crippen molar-refractivity contribution in [3.05, 3.63) is 83.1 Å². The number of fused-ring (bicyclic) bond motifs is 1. The van der Waals surface area contributed by atoms with Crippen molar-refractivity contribution in [1.29, 1.82) is 0 Å². The third-order valence-electron chi connectivity index (χ3n) is 4.40. The normalized spacial score (nSPS) is 12.9. The molecule has 6 heteroatoms. The van der Waals surface area contributed by atoms with Crippen LogP contribution < -0.4 is 10.2 Å². The van der Waals surface area contributed by atoms with Gasteiger partial charge in [0.1, 0.15) is 18.1 Å². The average Bonchev–Trinajstić information content (AvgIpc) is 3.36. The molecule has 0 spiro atoms. The molecule has 6 nitrogen and oxygen atoms in total. The second-order valence-electron chi connectivity index (χ2n) is 6.32. The van der Waals surface area contributed by atoms with Crippen LogP contribution >= 0.6 is 0 Å². The first-order valence-electron chi connectivity index (χ1n) is 8.85. The summed E-state index contributed by atoms with van der Waals surface area (Å²) >= 11 is 0. The Hall–Kier alpha value is -3.41. The van der Waals surface area contributed by atoms with E-state index in [9.17, 15) is 4.79 Å². The zero-order valence-electron chi connectivity index (χ0n) is 14.7. The van der Waals surface area contributed by atoms with Gasteiger partial charge in [-0.1, -0.05) is 12.1 Å². The summed E-state index contributed by atoms with van der Waals surface area (Å²) in [5, 5.41) is 3.90. The highest BCUT2D eigenvalue weighted by Crippen LogP contribution is 2.26. The number of pyridine rings is 1. The Morgan fingerprint density at radius 2 is 2.15 bits per heavy atom. The number of benzene rings is 1. The predicted octanol–water partition coefficient (Wildman–Crippen LogP) is 3.51. The molecule has 3 aromatic rings. The molecule has 1 amide bonds. The van der Waals surface area contributed by atoms with E-state index in [-0.39, 0.29) is 12.4 Å². The van der Waals surface area contributed by atoms with Crippen LogP contribution in [0.15, 0.2) is 64.4 Å². The van der Waals surface area contributed by atoms with E-state index in [1.165, 1.54) is 23.8 Å². The molecule has 1 aliphatic carbocycles.